The van der Waals surface area contributed by atoms with Gasteiger partial charge < -0.3 is 19.9 Å². The van der Waals surface area contributed by atoms with Crippen molar-refractivity contribution >= 4 is 23.5 Å². The number of likely N-dealkylation sites (tertiary alicyclic amines) is 1. The summed E-state index contributed by atoms with van der Waals surface area (Å²) in [6.07, 6.45) is 3.48. The highest BCUT2D eigenvalue weighted by atomic mass is 16.6. The van der Waals surface area contributed by atoms with Gasteiger partial charge >= 0.3 is 6.09 Å². The number of piperazine rings is 1. The normalized spacial score (nSPS) is 16.2. The highest BCUT2D eigenvalue weighted by Crippen LogP contribution is 2.20. The Morgan fingerprint density at radius 2 is 1.55 bits per heavy atom. The van der Waals surface area contributed by atoms with Gasteiger partial charge in [-0.3, -0.25) is 9.69 Å². The third kappa shape index (κ3) is 6.69. The maximum Gasteiger partial charge on any atom is 0.415 e. The van der Waals surface area contributed by atoms with Crippen LogP contribution in [0.2, 0.25) is 0 Å². The first-order valence-electron chi connectivity index (χ1n) is 13.4. The topological polar surface area (TPSA) is 78.0 Å². The number of pyridine rings is 1. The molecule has 0 spiro atoms. The molecule has 8 nitrogen and oxygen atoms in total. The van der Waals surface area contributed by atoms with Gasteiger partial charge in [-0.15, -0.1) is 0 Å². The summed E-state index contributed by atoms with van der Waals surface area (Å²) in [6, 6.07) is 20.7. The molecule has 198 valence electrons. The Morgan fingerprint density at radius 1 is 0.842 bits per heavy atom. The molecule has 0 saturated carbocycles. The number of carbonyl (C=O) groups is 2. The van der Waals surface area contributed by atoms with Crippen LogP contribution in [0.25, 0.3) is 0 Å². The summed E-state index contributed by atoms with van der Waals surface area (Å²) in [5.41, 5.74) is 3.46. The van der Waals surface area contributed by atoms with E-state index in [0.29, 0.717) is 43.2 Å². The number of nitrogens with one attached hydrogen (secondary N) is 1. The predicted octanol–water partition coefficient (Wildman–Crippen LogP) is 4.95. The third-order valence-corrected chi connectivity index (χ3v) is 7.12. The minimum Gasteiger partial charge on any atom is -0.410 e. The van der Waals surface area contributed by atoms with E-state index in [1.807, 2.05) is 49.4 Å². The summed E-state index contributed by atoms with van der Waals surface area (Å²) in [4.78, 5) is 36.3. The van der Waals surface area contributed by atoms with Crippen molar-refractivity contribution < 1.29 is 14.3 Å². The Hall–Kier alpha value is -3.91. The van der Waals surface area contributed by atoms with Crippen LogP contribution in [-0.2, 0) is 6.54 Å². The van der Waals surface area contributed by atoms with Gasteiger partial charge in [-0.05, 0) is 86.9 Å². The van der Waals surface area contributed by atoms with Gasteiger partial charge in [0.05, 0.1) is 0 Å². The Balaban J connectivity index is 1.08. The number of hydrogen-bond acceptors (Lipinski definition) is 6. The van der Waals surface area contributed by atoms with Crippen molar-refractivity contribution in [2.45, 2.75) is 32.7 Å². The maximum atomic E-state index is 12.7. The second-order valence-corrected chi connectivity index (χ2v) is 9.99. The molecule has 2 aromatic carbocycles. The van der Waals surface area contributed by atoms with Crippen molar-refractivity contribution in [1.29, 1.82) is 0 Å². The molecule has 0 atom stereocenters. The summed E-state index contributed by atoms with van der Waals surface area (Å²) in [5, 5.41) is 2.92. The Bertz CT molecular complexity index is 1230. The molecule has 0 bridgehead atoms. The van der Waals surface area contributed by atoms with Gasteiger partial charge in [-0.25, -0.2) is 9.78 Å². The van der Waals surface area contributed by atoms with Gasteiger partial charge in [0.2, 0.25) is 0 Å². The summed E-state index contributed by atoms with van der Waals surface area (Å²) in [6.45, 7) is 7.75. The lowest BCUT2D eigenvalue weighted by Gasteiger charge is -2.34. The number of piperidine rings is 1. The first-order valence-corrected chi connectivity index (χ1v) is 13.4. The van der Waals surface area contributed by atoms with E-state index in [9.17, 15) is 9.59 Å². The molecular formula is C30H35N5O3. The summed E-state index contributed by atoms with van der Waals surface area (Å²) < 4.78 is 5.57. The zero-order valence-electron chi connectivity index (χ0n) is 21.9. The number of benzene rings is 2. The van der Waals surface area contributed by atoms with Gasteiger partial charge in [-0.2, -0.15) is 0 Å². The zero-order valence-corrected chi connectivity index (χ0v) is 21.9. The lowest BCUT2D eigenvalue weighted by atomic mass is 10.1. The van der Waals surface area contributed by atoms with Crippen molar-refractivity contribution in [2.75, 3.05) is 49.5 Å². The Labute approximate surface area is 224 Å². The van der Waals surface area contributed by atoms with Crippen molar-refractivity contribution in [1.82, 2.24) is 14.8 Å². The van der Waals surface area contributed by atoms with Crippen LogP contribution in [0.3, 0.4) is 0 Å². The van der Waals surface area contributed by atoms with E-state index in [-0.39, 0.29) is 12.0 Å². The molecule has 5 rings (SSSR count). The molecule has 38 heavy (non-hydrogen) atoms. The molecular weight excluding hydrogens is 478 g/mol. The minimum atomic E-state index is -0.372. The summed E-state index contributed by atoms with van der Waals surface area (Å²) in [7, 11) is 0. The molecule has 2 fully saturated rings. The molecule has 2 aliphatic rings. The van der Waals surface area contributed by atoms with E-state index in [2.05, 4.69) is 20.1 Å². The van der Waals surface area contributed by atoms with E-state index in [4.69, 9.17) is 4.74 Å². The number of nitrogens with zero attached hydrogens (tertiary/aromatic N) is 4. The molecule has 3 heterocycles. The van der Waals surface area contributed by atoms with Crippen LogP contribution in [0.15, 0.2) is 66.7 Å². The standard InChI is InChI=1S/C30H35N5O3/c1-23-6-5-7-28(31-23)34-18-20-35(21-19-34)30(37)38-27-14-12-26(13-15-27)32-29(36)25-10-8-24(9-11-25)22-33-16-3-2-4-17-33/h5-15H,2-4,16-22H2,1H3,(H,32,36). The van der Waals surface area contributed by atoms with Gasteiger partial charge in [0.15, 0.2) is 0 Å². The summed E-state index contributed by atoms with van der Waals surface area (Å²) >= 11 is 0. The van der Waals surface area contributed by atoms with Crippen LogP contribution < -0.4 is 15.0 Å². The molecule has 2 aliphatic heterocycles. The maximum absolute atomic E-state index is 12.7. The number of amides is 2. The van der Waals surface area contributed by atoms with Crippen molar-refractivity contribution in [3.05, 3.63) is 83.6 Å². The second-order valence-electron chi connectivity index (χ2n) is 9.99. The molecule has 2 amide bonds. The fraction of sp³-hybridized carbons (Fsp3) is 0.367. The molecule has 0 unspecified atom stereocenters. The van der Waals surface area contributed by atoms with Crippen molar-refractivity contribution in [3.63, 3.8) is 0 Å². The number of aryl methyl sites for hydroxylation is 1. The molecule has 0 radical (unpaired) electrons. The van der Waals surface area contributed by atoms with Crippen LogP contribution in [0, 0.1) is 6.92 Å². The van der Waals surface area contributed by atoms with Crippen LogP contribution in [0.5, 0.6) is 5.75 Å². The van der Waals surface area contributed by atoms with Crippen LogP contribution in [0.1, 0.15) is 40.9 Å². The minimum absolute atomic E-state index is 0.166. The van der Waals surface area contributed by atoms with Gasteiger partial charge in [-0.1, -0.05) is 24.6 Å². The average Bonchev–Trinajstić information content (AvgIpc) is 2.95. The smallest absolute Gasteiger partial charge is 0.410 e. The van der Waals surface area contributed by atoms with Gasteiger partial charge in [0, 0.05) is 49.7 Å². The lowest BCUT2D eigenvalue weighted by Crippen LogP contribution is -2.49. The first-order chi connectivity index (χ1) is 18.5. The second kappa shape index (κ2) is 12.1. The highest BCUT2D eigenvalue weighted by Gasteiger charge is 2.23. The fourth-order valence-electron chi connectivity index (χ4n) is 4.94. The number of ether oxygens (including phenoxy) is 1. The molecule has 1 aromatic heterocycles. The fourth-order valence-corrected chi connectivity index (χ4v) is 4.94. The SMILES string of the molecule is Cc1cccc(N2CCN(C(=O)Oc3ccc(NC(=O)c4ccc(CN5CCCCC5)cc4)cc3)CC2)n1. The van der Waals surface area contributed by atoms with Crippen LogP contribution >= 0.6 is 0 Å². The van der Waals surface area contributed by atoms with E-state index >= 15 is 0 Å². The highest BCUT2D eigenvalue weighted by molar-refractivity contribution is 6.04. The van der Waals surface area contributed by atoms with E-state index < -0.39 is 0 Å². The predicted molar refractivity (Wildman–Crippen MR) is 149 cm³/mol. The Morgan fingerprint density at radius 3 is 2.24 bits per heavy atom. The molecule has 0 aliphatic carbocycles. The number of rotatable bonds is 6. The van der Waals surface area contributed by atoms with E-state index in [1.165, 1.54) is 24.8 Å². The quantitative estimate of drug-likeness (QED) is 0.503. The van der Waals surface area contributed by atoms with Crippen molar-refractivity contribution in [2.24, 2.45) is 0 Å². The number of carbonyl (C=O) groups excluding carboxylic acids is 2. The molecule has 1 N–H and O–H groups in total. The molecule has 2 saturated heterocycles. The van der Waals surface area contributed by atoms with Crippen molar-refractivity contribution in [3.8, 4) is 5.75 Å². The number of hydrogen-bond donors (Lipinski definition) is 1. The monoisotopic (exact) mass is 513 g/mol. The van der Waals surface area contributed by atoms with E-state index in [0.717, 1.165) is 31.1 Å². The lowest BCUT2D eigenvalue weighted by molar-refractivity contribution is 0.102. The average molecular weight is 514 g/mol. The number of aromatic nitrogens is 1. The van der Waals surface area contributed by atoms with Crippen LogP contribution in [-0.4, -0.2) is 66.1 Å². The Kier molecular flexibility index (Phi) is 8.19. The van der Waals surface area contributed by atoms with Gasteiger partial charge in [0.25, 0.3) is 5.91 Å². The largest absolute Gasteiger partial charge is 0.415 e. The van der Waals surface area contributed by atoms with E-state index in [1.54, 1.807) is 29.2 Å². The molecule has 8 heteroatoms. The zero-order chi connectivity index (χ0) is 26.3. The number of anilines is 2. The third-order valence-electron chi connectivity index (χ3n) is 7.12. The first kappa shape index (κ1) is 25.7. The summed E-state index contributed by atoms with van der Waals surface area (Å²) in [5.74, 6) is 1.21. The van der Waals surface area contributed by atoms with Crippen LogP contribution in [0.4, 0.5) is 16.3 Å². The van der Waals surface area contributed by atoms with Gasteiger partial charge in [0.1, 0.15) is 11.6 Å². The molecule has 3 aromatic rings.